The summed E-state index contributed by atoms with van der Waals surface area (Å²) in [4.78, 5) is 29.5. The highest BCUT2D eigenvalue weighted by molar-refractivity contribution is 5.92. The molecule has 1 saturated heterocycles. The average Bonchev–Trinajstić information content (AvgIpc) is 2.61. The molecule has 7 heteroatoms. The van der Waals surface area contributed by atoms with E-state index in [4.69, 9.17) is 0 Å². The zero-order valence-electron chi connectivity index (χ0n) is 13.1. The highest BCUT2D eigenvalue weighted by Crippen LogP contribution is 2.10. The number of nitrogens with one attached hydrogen (secondary N) is 1. The molecule has 0 bridgehead atoms. The van der Waals surface area contributed by atoms with E-state index in [0.717, 1.165) is 31.9 Å². The number of carbonyl (C=O) groups excluding carboxylic acids is 1. The number of hydrogen-bond acceptors (Lipinski definition) is 6. The van der Waals surface area contributed by atoms with E-state index in [1.807, 2.05) is 18.2 Å². The monoisotopic (exact) mass is 312 g/mol. The largest absolute Gasteiger partial charge is 0.345 e. The molecule has 0 aliphatic carbocycles. The Morgan fingerprint density at radius 1 is 1.13 bits per heavy atom. The van der Waals surface area contributed by atoms with Gasteiger partial charge in [-0.05, 0) is 25.2 Å². The standard InChI is InChI=1S/C16H20N6O/c1-21-8-10-22(11-9-21)16-18-7-5-14(20-16)15(23)19-12-13-4-2-3-6-17-13/h2-7H,8-12H2,1H3,(H,19,23). The summed E-state index contributed by atoms with van der Waals surface area (Å²) in [5.41, 5.74) is 1.19. The molecule has 1 aliphatic rings. The first kappa shape index (κ1) is 15.4. The van der Waals surface area contributed by atoms with Gasteiger partial charge >= 0.3 is 0 Å². The second-order valence-electron chi connectivity index (χ2n) is 5.54. The molecule has 120 valence electrons. The molecule has 0 spiro atoms. The molecule has 1 aliphatic heterocycles. The molecule has 0 radical (unpaired) electrons. The average molecular weight is 312 g/mol. The van der Waals surface area contributed by atoms with Crippen LogP contribution < -0.4 is 10.2 Å². The Balaban J connectivity index is 1.63. The third-order valence-corrected chi connectivity index (χ3v) is 3.82. The summed E-state index contributed by atoms with van der Waals surface area (Å²) in [6, 6.07) is 7.24. The van der Waals surface area contributed by atoms with E-state index < -0.39 is 0 Å². The van der Waals surface area contributed by atoms with Crippen molar-refractivity contribution < 1.29 is 4.79 Å². The predicted octanol–water partition coefficient (Wildman–Crippen LogP) is 0.553. The summed E-state index contributed by atoms with van der Waals surface area (Å²) in [6.45, 7) is 4.07. The van der Waals surface area contributed by atoms with E-state index in [2.05, 4.69) is 37.1 Å². The fraction of sp³-hybridized carbons (Fsp3) is 0.375. The molecular formula is C16H20N6O. The van der Waals surface area contributed by atoms with Crippen LogP contribution in [0.4, 0.5) is 5.95 Å². The Labute approximate surface area is 135 Å². The normalized spacial score (nSPS) is 15.4. The van der Waals surface area contributed by atoms with Crippen molar-refractivity contribution >= 4 is 11.9 Å². The van der Waals surface area contributed by atoms with Crippen LogP contribution in [0.15, 0.2) is 36.7 Å². The van der Waals surface area contributed by atoms with Gasteiger partial charge in [0.25, 0.3) is 5.91 Å². The first-order chi connectivity index (χ1) is 11.2. The number of anilines is 1. The van der Waals surface area contributed by atoms with Crippen LogP contribution in [0.3, 0.4) is 0 Å². The zero-order chi connectivity index (χ0) is 16.1. The molecule has 1 fully saturated rings. The number of nitrogens with zero attached hydrogens (tertiary/aromatic N) is 5. The summed E-state index contributed by atoms with van der Waals surface area (Å²) >= 11 is 0. The van der Waals surface area contributed by atoms with E-state index in [1.54, 1.807) is 18.5 Å². The van der Waals surface area contributed by atoms with Gasteiger partial charge in [0.15, 0.2) is 0 Å². The van der Waals surface area contributed by atoms with E-state index in [1.165, 1.54) is 0 Å². The maximum atomic E-state index is 12.2. The van der Waals surface area contributed by atoms with E-state index >= 15 is 0 Å². The van der Waals surface area contributed by atoms with Gasteiger partial charge in [-0.1, -0.05) is 6.07 Å². The molecule has 3 rings (SSSR count). The Kier molecular flexibility index (Phi) is 4.77. The lowest BCUT2D eigenvalue weighted by Crippen LogP contribution is -2.45. The number of piperazine rings is 1. The Bertz CT molecular complexity index is 655. The number of carbonyl (C=O) groups is 1. The Hall–Kier alpha value is -2.54. The number of hydrogen-bond donors (Lipinski definition) is 1. The third kappa shape index (κ3) is 4.01. The quantitative estimate of drug-likeness (QED) is 0.889. The van der Waals surface area contributed by atoms with Crippen molar-refractivity contribution in [2.45, 2.75) is 6.54 Å². The van der Waals surface area contributed by atoms with Crippen molar-refractivity contribution in [3.05, 3.63) is 48.0 Å². The van der Waals surface area contributed by atoms with Gasteiger partial charge in [0, 0.05) is 38.6 Å². The number of amides is 1. The first-order valence-electron chi connectivity index (χ1n) is 7.67. The second-order valence-corrected chi connectivity index (χ2v) is 5.54. The summed E-state index contributed by atoms with van der Waals surface area (Å²) in [5, 5.41) is 2.83. The van der Waals surface area contributed by atoms with Crippen molar-refractivity contribution in [1.82, 2.24) is 25.2 Å². The van der Waals surface area contributed by atoms with Gasteiger partial charge in [0.2, 0.25) is 5.95 Å². The van der Waals surface area contributed by atoms with Crippen LogP contribution in [0.25, 0.3) is 0 Å². The molecule has 0 aromatic carbocycles. The number of rotatable bonds is 4. The van der Waals surface area contributed by atoms with Crippen molar-refractivity contribution in [3.63, 3.8) is 0 Å². The molecule has 0 unspecified atom stereocenters. The minimum Gasteiger partial charge on any atom is -0.345 e. The van der Waals surface area contributed by atoms with Gasteiger partial charge < -0.3 is 15.1 Å². The van der Waals surface area contributed by atoms with E-state index in [0.29, 0.717) is 18.2 Å². The van der Waals surface area contributed by atoms with Gasteiger partial charge in [-0.3, -0.25) is 9.78 Å². The maximum absolute atomic E-state index is 12.2. The van der Waals surface area contributed by atoms with Crippen LogP contribution in [0.2, 0.25) is 0 Å². The smallest absolute Gasteiger partial charge is 0.270 e. The SMILES string of the molecule is CN1CCN(c2nccc(C(=O)NCc3ccccn3)n2)CC1. The molecule has 23 heavy (non-hydrogen) atoms. The number of likely N-dealkylation sites (N-methyl/N-ethyl adjacent to an activating group) is 1. The molecule has 3 heterocycles. The lowest BCUT2D eigenvalue weighted by atomic mass is 10.3. The Morgan fingerprint density at radius 3 is 2.70 bits per heavy atom. The number of aromatic nitrogens is 3. The molecule has 2 aromatic rings. The molecule has 0 saturated carbocycles. The van der Waals surface area contributed by atoms with Gasteiger partial charge in [0.05, 0.1) is 12.2 Å². The molecular weight excluding hydrogens is 292 g/mol. The summed E-state index contributed by atoms with van der Waals surface area (Å²) in [7, 11) is 2.10. The van der Waals surface area contributed by atoms with Gasteiger partial charge in [-0.25, -0.2) is 9.97 Å². The molecule has 1 amide bonds. The minimum atomic E-state index is -0.214. The number of pyridine rings is 1. The molecule has 2 aromatic heterocycles. The zero-order valence-corrected chi connectivity index (χ0v) is 13.1. The van der Waals surface area contributed by atoms with Crippen LogP contribution in [0.5, 0.6) is 0 Å². The third-order valence-electron chi connectivity index (χ3n) is 3.82. The van der Waals surface area contributed by atoms with Crippen molar-refractivity contribution in [2.75, 3.05) is 38.1 Å². The molecule has 1 N–H and O–H groups in total. The topological polar surface area (TPSA) is 74.2 Å². The second kappa shape index (κ2) is 7.15. The van der Waals surface area contributed by atoms with Crippen LogP contribution in [-0.2, 0) is 6.54 Å². The van der Waals surface area contributed by atoms with Crippen LogP contribution in [-0.4, -0.2) is 59.0 Å². The fourth-order valence-corrected chi connectivity index (χ4v) is 2.40. The highest BCUT2D eigenvalue weighted by atomic mass is 16.1. The fourth-order valence-electron chi connectivity index (χ4n) is 2.40. The summed E-state index contributed by atoms with van der Waals surface area (Å²) in [5.74, 6) is 0.400. The van der Waals surface area contributed by atoms with Crippen LogP contribution >= 0.6 is 0 Å². The summed E-state index contributed by atoms with van der Waals surface area (Å²) in [6.07, 6.45) is 3.34. The maximum Gasteiger partial charge on any atom is 0.270 e. The van der Waals surface area contributed by atoms with Gasteiger partial charge in [0.1, 0.15) is 5.69 Å². The van der Waals surface area contributed by atoms with Crippen LogP contribution in [0.1, 0.15) is 16.2 Å². The van der Waals surface area contributed by atoms with Crippen molar-refractivity contribution in [3.8, 4) is 0 Å². The molecule has 0 atom stereocenters. The van der Waals surface area contributed by atoms with Gasteiger partial charge in [-0.2, -0.15) is 0 Å². The highest BCUT2D eigenvalue weighted by Gasteiger charge is 2.17. The van der Waals surface area contributed by atoms with E-state index in [-0.39, 0.29) is 5.91 Å². The first-order valence-corrected chi connectivity index (χ1v) is 7.67. The Morgan fingerprint density at radius 2 is 1.96 bits per heavy atom. The van der Waals surface area contributed by atoms with Gasteiger partial charge in [-0.15, -0.1) is 0 Å². The predicted molar refractivity (Wildman–Crippen MR) is 87.1 cm³/mol. The van der Waals surface area contributed by atoms with Crippen molar-refractivity contribution in [2.24, 2.45) is 0 Å². The molecule has 7 nitrogen and oxygen atoms in total. The van der Waals surface area contributed by atoms with Crippen molar-refractivity contribution in [1.29, 1.82) is 0 Å². The van der Waals surface area contributed by atoms with E-state index in [9.17, 15) is 4.79 Å². The van der Waals surface area contributed by atoms with Crippen LogP contribution in [0, 0.1) is 0 Å². The summed E-state index contributed by atoms with van der Waals surface area (Å²) < 4.78 is 0. The lowest BCUT2D eigenvalue weighted by Gasteiger charge is -2.32. The lowest BCUT2D eigenvalue weighted by molar-refractivity contribution is 0.0945. The minimum absolute atomic E-state index is 0.214.